The van der Waals surface area contributed by atoms with Gasteiger partial charge in [0.05, 0.1) is 5.69 Å². The number of pyridine rings is 1. The number of hydrogen-bond acceptors (Lipinski definition) is 3. The number of nitrogens with one attached hydrogen (secondary N) is 1. The molecule has 0 aliphatic heterocycles. The van der Waals surface area contributed by atoms with Crippen LogP contribution in [0.4, 0.5) is 23.2 Å². The molecule has 1 amide bonds. The number of rotatable bonds is 3. The number of amides is 1. The maximum Gasteiger partial charge on any atom is 0.435 e. The van der Waals surface area contributed by atoms with E-state index in [0.717, 1.165) is 16.8 Å². The molecule has 27 heavy (non-hydrogen) atoms. The normalized spacial score (nSPS) is 11.5. The molecule has 2 aromatic heterocycles. The van der Waals surface area contributed by atoms with Crippen LogP contribution >= 0.6 is 0 Å². The molecule has 3 rings (SSSR count). The number of hydrogen-bond donors (Lipinski definition) is 1. The monoisotopic (exact) mass is 378 g/mol. The van der Waals surface area contributed by atoms with Gasteiger partial charge in [-0.2, -0.15) is 18.3 Å². The molecule has 0 bridgehead atoms. The van der Waals surface area contributed by atoms with Gasteiger partial charge >= 0.3 is 6.18 Å². The highest BCUT2D eigenvalue weighted by Gasteiger charge is 2.35. The van der Waals surface area contributed by atoms with E-state index in [1.807, 2.05) is 0 Å². The van der Waals surface area contributed by atoms with Crippen LogP contribution in [0.5, 0.6) is 0 Å². The Hall–Kier alpha value is -3.23. The first-order valence-electron chi connectivity index (χ1n) is 7.80. The molecule has 0 aliphatic rings. The van der Waals surface area contributed by atoms with Gasteiger partial charge in [0.2, 0.25) is 0 Å². The molecule has 0 saturated heterocycles. The zero-order valence-corrected chi connectivity index (χ0v) is 14.3. The fourth-order valence-corrected chi connectivity index (χ4v) is 2.59. The molecule has 3 aromatic rings. The summed E-state index contributed by atoms with van der Waals surface area (Å²) < 4.78 is 53.8. The molecule has 0 saturated carbocycles. The maximum atomic E-state index is 14.5. The Morgan fingerprint density at radius 2 is 1.93 bits per heavy atom. The first-order valence-corrected chi connectivity index (χ1v) is 7.80. The lowest BCUT2D eigenvalue weighted by Gasteiger charge is -2.09. The third-order valence-corrected chi connectivity index (χ3v) is 3.94. The summed E-state index contributed by atoms with van der Waals surface area (Å²) in [6, 6.07) is 6.05. The molecular formula is C18H14F4N4O. The van der Waals surface area contributed by atoms with Crippen molar-refractivity contribution >= 4 is 11.6 Å². The average Bonchev–Trinajstić information content (AvgIpc) is 2.97. The van der Waals surface area contributed by atoms with Crippen LogP contribution in [0.15, 0.2) is 42.7 Å². The van der Waals surface area contributed by atoms with Crippen molar-refractivity contribution in [1.29, 1.82) is 0 Å². The molecule has 5 nitrogen and oxygen atoms in total. The van der Waals surface area contributed by atoms with Crippen LogP contribution in [-0.4, -0.2) is 20.7 Å². The lowest BCUT2D eigenvalue weighted by Crippen LogP contribution is -2.13. The van der Waals surface area contributed by atoms with E-state index in [0.29, 0.717) is 11.1 Å². The molecule has 1 N–H and O–H groups in total. The Morgan fingerprint density at radius 3 is 2.52 bits per heavy atom. The van der Waals surface area contributed by atoms with Gasteiger partial charge < -0.3 is 5.32 Å². The van der Waals surface area contributed by atoms with Gasteiger partial charge in [0, 0.05) is 36.3 Å². The van der Waals surface area contributed by atoms with E-state index in [-0.39, 0.29) is 16.9 Å². The highest BCUT2D eigenvalue weighted by molar-refractivity contribution is 6.05. The molecule has 140 valence electrons. The molecule has 2 heterocycles. The molecule has 0 fully saturated rings. The quantitative estimate of drug-likeness (QED) is 0.695. The van der Waals surface area contributed by atoms with Crippen molar-refractivity contribution in [2.24, 2.45) is 7.05 Å². The molecule has 0 atom stereocenters. The van der Waals surface area contributed by atoms with Gasteiger partial charge in [-0.15, -0.1) is 0 Å². The summed E-state index contributed by atoms with van der Waals surface area (Å²) in [6.07, 6.45) is -1.63. The van der Waals surface area contributed by atoms with Crippen molar-refractivity contribution in [3.63, 3.8) is 0 Å². The number of benzene rings is 1. The summed E-state index contributed by atoms with van der Waals surface area (Å²) in [6.45, 7) is 1.71. The Morgan fingerprint density at radius 1 is 1.19 bits per heavy atom. The molecule has 0 unspecified atom stereocenters. The molecular weight excluding hydrogens is 364 g/mol. The molecule has 0 aliphatic carbocycles. The van der Waals surface area contributed by atoms with Gasteiger partial charge in [-0.3, -0.25) is 14.5 Å². The standard InChI is InChI=1S/C18H14F4N4O/c1-10-9-23-6-5-12(10)17(27)24-11-3-4-13(14(19)7-11)15-8-16(18(20,21)22)25-26(15)2/h3-9H,1-2H3,(H,24,27). The topological polar surface area (TPSA) is 59.8 Å². The number of carbonyl (C=O) groups is 1. The van der Waals surface area contributed by atoms with Gasteiger partial charge in [0.1, 0.15) is 5.82 Å². The van der Waals surface area contributed by atoms with Crippen molar-refractivity contribution in [2.75, 3.05) is 5.32 Å². The van der Waals surface area contributed by atoms with Crippen molar-refractivity contribution < 1.29 is 22.4 Å². The lowest BCUT2D eigenvalue weighted by molar-refractivity contribution is -0.141. The van der Waals surface area contributed by atoms with Crippen molar-refractivity contribution in [2.45, 2.75) is 13.1 Å². The summed E-state index contributed by atoms with van der Waals surface area (Å²) >= 11 is 0. The minimum atomic E-state index is -4.62. The van der Waals surface area contributed by atoms with Crippen LogP contribution in [0, 0.1) is 12.7 Å². The molecule has 0 radical (unpaired) electrons. The fraction of sp³-hybridized carbons (Fsp3) is 0.167. The predicted molar refractivity (Wildman–Crippen MR) is 90.5 cm³/mol. The summed E-state index contributed by atoms with van der Waals surface area (Å²) in [5.74, 6) is -1.22. The minimum absolute atomic E-state index is 0.0253. The Labute approximate surface area is 151 Å². The van der Waals surface area contributed by atoms with E-state index in [1.54, 1.807) is 6.92 Å². The van der Waals surface area contributed by atoms with Gasteiger partial charge in [-0.05, 0) is 42.8 Å². The van der Waals surface area contributed by atoms with Crippen LogP contribution in [0.2, 0.25) is 0 Å². The Kier molecular flexibility index (Phi) is 4.69. The number of nitrogens with zero attached hydrogens (tertiary/aromatic N) is 3. The van der Waals surface area contributed by atoms with E-state index >= 15 is 0 Å². The van der Waals surface area contributed by atoms with Crippen molar-refractivity contribution in [1.82, 2.24) is 14.8 Å². The van der Waals surface area contributed by atoms with E-state index in [1.165, 1.54) is 37.6 Å². The van der Waals surface area contributed by atoms with Crippen LogP contribution in [-0.2, 0) is 13.2 Å². The van der Waals surface area contributed by atoms with Gasteiger partial charge in [-0.25, -0.2) is 4.39 Å². The van der Waals surface area contributed by atoms with Crippen molar-refractivity contribution in [3.8, 4) is 11.3 Å². The number of alkyl halides is 3. The summed E-state index contributed by atoms with van der Waals surface area (Å²) in [4.78, 5) is 16.2. The van der Waals surface area contributed by atoms with Crippen LogP contribution < -0.4 is 5.32 Å². The molecule has 1 aromatic carbocycles. The Bertz CT molecular complexity index is 1010. The van der Waals surface area contributed by atoms with Crippen molar-refractivity contribution in [3.05, 3.63) is 65.4 Å². The number of anilines is 1. The van der Waals surface area contributed by atoms with E-state index in [9.17, 15) is 22.4 Å². The fourth-order valence-electron chi connectivity index (χ4n) is 2.59. The highest BCUT2D eigenvalue weighted by atomic mass is 19.4. The second kappa shape index (κ2) is 6.82. The smallest absolute Gasteiger partial charge is 0.322 e. The number of halogens is 4. The maximum absolute atomic E-state index is 14.5. The second-order valence-electron chi connectivity index (χ2n) is 5.88. The first-order chi connectivity index (χ1) is 12.7. The highest BCUT2D eigenvalue weighted by Crippen LogP contribution is 2.32. The van der Waals surface area contributed by atoms with Crippen LogP contribution in [0.25, 0.3) is 11.3 Å². The van der Waals surface area contributed by atoms with Crippen LogP contribution in [0.1, 0.15) is 21.6 Å². The minimum Gasteiger partial charge on any atom is -0.322 e. The summed E-state index contributed by atoms with van der Waals surface area (Å²) in [5.41, 5.74) is 0.0273. The van der Waals surface area contributed by atoms with E-state index in [4.69, 9.17) is 0 Å². The average molecular weight is 378 g/mol. The van der Waals surface area contributed by atoms with E-state index < -0.39 is 23.6 Å². The zero-order chi connectivity index (χ0) is 19.8. The largest absolute Gasteiger partial charge is 0.435 e. The summed E-state index contributed by atoms with van der Waals surface area (Å²) in [5, 5.41) is 5.92. The SMILES string of the molecule is Cc1cnccc1C(=O)Nc1ccc(-c2cc(C(F)(F)F)nn2C)c(F)c1. The zero-order valence-electron chi connectivity index (χ0n) is 14.3. The number of aromatic nitrogens is 3. The second-order valence-corrected chi connectivity index (χ2v) is 5.88. The molecule has 9 heteroatoms. The number of carbonyl (C=O) groups excluding carboxylic acids is 1. The number of aryl methyl sites for hydroxylation is 2. The van der Waals surface area contributed by atoms with Gasteiger partial charge in [0.25, 0.3) is 5.91 Å². The predicted octanol–water partition coefficient (Wildman–Crippen LogP) is 4.20. The third kappa shape index (κ3) is 3.81. The van der Waals surface area contributed by atoms with Crippen LogP contribution in [0.3, 0.4) is 0 Å². The molecule has 0 spiro atoms. The van der Waals surface area contributed by atoms with Gasteiger partial charge in [0.15, 0.2) is 5.69 Å². The Balaban J connectivity index is 1.88. The summed E-state index contributed by atoms with van der Waals surface area (Å²) in [7, 11) is 1.30. The lowest BCUT2D eigenvalue weighted by atomic mass is 10.1. The first kappa shape index (κ1) is 18.6. The third-order valence-electron chi connectivity index (χ3n) is 3.94. The van der Waals surface area contributed by atoms with Gasteiger partial charge in [-0.1, -0.05) is 0 Å². The van der Waals surface area contributed by atoms with E-state index in [2.05, 4.69) is 15.4 Å².